The van der Waals surface area contributed by atoms with Gasteiger partial charge >= 0.3 is 6.03 Å². The van der Waals surface area contributed by atoms with Gasteiger partial charge in [-0.05, 0) is 43.2 Å². The van der Waals surface area contributed by atoms with Crippen molar-refractivity contribution in [2.75, 3.05) is 19.9 Å². The van der Waals surface area contributed by atoms with Gasteiger partial charge in [0.1, 0.15) is 0 Å². The molecule has 0 bridgehead atoms. The molecule has 2 aromatic rings. The van der Waals surface area contributed by atoms with E-state index in [2.05, 4.69) is 10.6 Å². The van der Waals surface area contributed by atoms with Gasteiger partial charge in [-0.3, -0.25) is 0 Å². The van der Waals surface area contributed by atoms with Crippen LogP contribution in [0, 0.1) is 0 Å². The van der Waals surface area contributed by atoms with Crippen LogP contribution in [0.15, 0.2) is 53.4 Å². The number of hydrogen-bond donors (Lipinski definition) is 3. The summed E-state index contributed by atoms with van der Waals surface area (Å²) in [6, 6.07) is 13.0. The minimum atomic E-state index is -3.70. The SMILES string of the molecule is CCOc1ccccc1OCNC(=O)NCCc1ccc(S(N)(=O)=O)cc1. The minimum absolute atomic E-state index is 0.00101. The van der Waals surface area contributed by atoms with Gasteiger partial charge in [-0.1, -0.05) is 24.3 Å². The Kier molecular flexibility index (Phi) is 7.44. The molecule has 146 valence electrons. The number of para-hydroxylation sites is 2. The summed E-state index contributed by atoms with van der Waals surface area (Å²) in [7, 11) is -3.70. The maximum atomic E-state index is 11.8. The van der Waals surface area contributed by atoms with Gasteiger partial charge in [-0.25, -0.2) is 18.4 Å². The highest BCUT2D eigenvalue weighted by Crippen LogP contribution is 2.25. The maximum absolute atomic E-state index is 11.8. The molecule has 4 N–H and O–H groups in total. The summed E-state index contributed by atoms with van der Waals surface area (Å²) >= 11 is 0. The molecule has 2 amide bonds. The molecule has 0 aromatic heterocycles. The number of ether oxygens (including phenoxy) is 2. The molecule has 27 heavy (non-hydrogen) atoms. The van der Waals surface area contributed by atoms with Crippen LogP contribution in [-0.2, 0) is 16.4 Å². The number of benzene rings is 2. The molecule has 0 unspecified atom stereocenters. The molecule has 8 nitrogen and oxygen atoms in total. The standard InChI is InChI=1S/C18H23N3O5S/c1-2-25-16-5-3-4-6-17(16)26-13-21-18(22)20-12-11-14-7-9-15(10-8-14)27(19,23)24/h3-10H,2,11-13H2,1H3,(H2,19,23,24)(H2,20,21,22). The highest BCUT2D eigenvalue weighted by Gasteiger charge is 2.07. The summed E-state index contributed by atoms with van der Waals surface area (Å²) in [4.78, 5) is 11.8. The van der Waals surface area contributed by atoms with Crippen LogP contribution in [0.25, 0.3) is 0 Å². The fourth-order valence-corrected chi connectivity index (χ4v) is 2.77. The first-order valence-electron chi connectivity index (χ1n) is 8.38. The van der Waals surface area contributed by atoms with Crippen molar-refractivity contribution in [3.8, 4) is 11.5 Å². The fourth-order valence-electron chi connectivity index (χ4n) is 2.25. The highest BCUT2D eigenvalue weighted by molar-refractivity contribution is 7.89. The molecule has 0 saturated heterocycles. The lowest BCUT2D eigenvalue weighted by molar-refractivity contribution is 0.220. The van der Waals surface area contributed by atoms with Crippen LogP contribution in [0.1, 0.15) is 12.5 Å². The van der Waals surface area contributed by atoms with Crippen LogP contribution in [-0.4, -0.2) is 34.3 Å². The van der Waals surface area contributed by atoms with E-state index in [1.165, 1.54) is 12.1 Å². The third kappa shape index (κ3) is 6.80. The highest BCUT2D eigenvalue weighted by atomic mass is 32.2. The van der Waals surface area contributed by atoms with Crippen molar-refractivity contribution in [2.24, 2.45) is 5.14 Å². The Bertz CT molecular complexity index is 854. The zero-order valence-electron chi connectivity index (χ0n) is 15.0. The molecule has 0 aliphatic rings. The van der Waals surface area contributed by atoms with Crippen molar-refractivity contribution in [2.45, 2.75) is 18.2 Å². The van der Waals surface area contributed by atoms with E-state index in [4.69, 9.17) is 14.6 Å². The Morgan fingerprint density at radius 2 is 1.63 bits per heavy atom. The Labute approximate surface area is 158 Å². The second kappa shape index (κ2) is 9.79. The lowest BCUT2D eigenvalue weighted by Gasteiger charge is -2.12. The first kappa shape index (κ1) is 20.5. The number of rotatable bonds is 9. The van der Waals surface area contributed by atoms with Gasteiger partial charge in [-0.15, -0.1) is 0 Å². The third-order valence-corrected chi connectivity index (χ3v) is 4.49. The summed E-state index contributed by atoms with van der Waals surface area (Å²) in [5, 5.41) is 10.3. The molecule has 0 atom stereocenters. The fraction of sp³-hybridized carbons (Fsp3) is 0.278. The van der Waals surface area contributed by atoms with Gasteiger partial charge < -0.3 is 20.1 Å². The number of carbonyl (C=O) groups is 1. The summed E-state index contributed by atoms with van der Waals surface area (Å²) in [5.41, 5.74) is 0.879. The molecular weight excluding hydrogens is 370 g/mol. The van der Waals surface area contributed by atoms with Crippen molar-refractivity contribution in [1.29, 1.82) is 0 Å². The normalized spacial score (nSPS) is 10.9. The van der Waals surface area contributed by atoms with Crippen molar-refractivity contribution >= 4 is 16.1 Å². The molecule has 0 heterocycles. The average Bonchev–Trinajstić information content (AvgIpc) is 2.63. The predicted octanol–water partition coefficient (Wildman–Crippen LogP) is 1.61. The first-order chi connectivity index (χ1) is 12.9. The van der Waals surface area contributed by atoms with Crippen LogP contribution >= 0.6 is 0 Å². The van der Waals surface area contributed by atoms with Gasteiger partial charge in [-0.2, -0.15) is 0 Å². The van der Waals surface area contributed by atoms with Crippen molar-refractivity contribution < 1.29 is 22.7 Å². The molecule has 9 heteroatoms. The van der Waals surface area contributed by atoms with E-state index in [-0.39, 0.29) is 17.7 Å². The molecule has 0 fully saturated rings. The van der Waals surface area contributed by atoms with E-state index < -0.39 is 10.0 Å². The minimum Gasteiger partial charge on any atom is -0.490 e. The van der Waals surface area contributed by atoms with E-state index in [0.29, 0.717) is 31.1 Å². The van der Waals surface area contributed by atoms with Gasteiger partial charge in [0.05, 0.1) is 11.5 Å². The molecule has 0 spiro atoms. The number of hydrogen-bond acceptors (Lipinski definition) is 5. The van der Waals surface area contributed by atoms with Gasteiger partial charge in [0.15, 0.2) is 18.2 Å². The van der Waals surface area contributed by atoms with Crippen LogP contribution in [0.5, 0.6) is 11.5 Å². The van der Waals surface area contributed by atoms with Crippen LogP contribution in [0.4, 0.5) is 4.79 Å². The smallest absolute Gasteiger partial charge is 0.317 e. The Morgan fingerprint density at radius 3 is 2.22 bits per heavy atom. The van der Waals surface area contributed by atoms with E-state index >= 15 is 0 Å². The number of primary sulfonamides is 1. The topological polar surface area (TPSA) is 120 Å². The Morgan fingerprint density at radius 1 is 1.00 bits per heavy atom. The van der Waals surface area contributed by atoms with Crippen molar-refractivity contribution in [1.82, 2.24) is 10.6 Å². The number of sulfonamides is 1. The molecule has 0 aliphatic heterocycles. The average molecular weight is 393 g/mol. The summed E-state index contributed by atoms with van der Waals surface area (Å²) in [6.07, 6.45) is 0.548. The van der Waals surface area contributed by atoms with Crippen molar-refractivity contribution in [3.05, 3.63) is 54.1 Å². The van der Waals surface area contributed by atoms with Gasteiger partial charge in [0.25, 0.3) is 0 Å². The number of urea groups is 1. The van der Waals surface area contributed by atoms with Crippen LogP contribution < -0.4 is 25.2 Å². The molecule has 2 aromatic carbocycles. The maximum Gasteiger partial charge on any atom is 0.317 e. The quantitative estimate of drug-likeness (QED) is 0.559. The largest absolute Gasteiger partial charge is 0.490 e. The van der Waals surface area contributed by atoms with Crippen LogP contribution in [0.3, 0.4) is 0 Å². The number of carbonyl (C=O) groups excluding carboxylic acids is 1. The zero-order chi connectivity index (χ0) is 19.7. The lowest BCUT2D eigenvalue weighted by Crippen LogP contribution is -2.38. The second-order valence-corrected chi connectivity index (χ2v) is 7.10. The Balaban J connectivity index is 1.71. The first-order valence-corrected chi connectivity index (χ1v) is 9.93. The summed E-state index contributed by atoms with van der Waals surface area (Å²) < 4.78 is 33.3. The van der Waals surface area contributed by atoms with Crippen molar-refractivity contribution in [3.63, 3.8) is 0 Å². The molecule has 0 saturated carbocycles. The Hall–Kier alpha value is -2.78. The molecule has 0 aliphatic carbocycles. The summed E-state index contributed by atoms with van der Waals surface area (Å²) in [5.74, 6) is 1.17. The lowest BCUT2D eigenvalue weighted by atomic mass is 10.1. The van der Waals surface area contributed by atoms with E-state index in [1.54, 1.807) is 24.3 Å². The van der Waals surface area contributed by atoms with Crippen LogP contribution in [0.2, 0.25) is 0 Å². The molecular formula is C18H23N3O5S. The second-order valence-electron chi connectivity index (χ2n) is 5.54. The van der Waals surface area contributed by atoms with E-state index in [1.807, 2.05) is 19.1 Å². The number of nitrogens with one attached hydrogen (secondary N) is 2. The molecule has 0 radical (unpaired) electrons. The zero-order valence-corrected chi connectivity index (χ0v) is 15.8. The molecule has 2 rings (SSSR count). The van der Waals surface area contributed by atoms with Gasteiger partial charge in [0, 0.05) is 6.54 Å². The third-order valence-electron chi connectivity index (χ3n) is 3.56. The monoisotopic (exact) mass is 393 g/mol. The summed E-state index contributed by atoms with van der Waals surface area (Å²) in [6.45, 7) is 2.78. The van der Waals surface area contributed by atoms with E-state index in [0.717, 1.165) is 5.56 Å². The van der Waals surface area contributed by atoms with Gasteiger partial charge in [0.2, 0.25) is 10.0 Å². The number of nitrogens with two attached hydrogens (primary N) is 1. The van der Waals surface area contributed by atoms with E-state index in [9.17, 15) is 13.2 Å². The number of amides is 2. The predicted molar refractivity (Wildman–Crippen MR) is 101 cm³/mol.